The number of nitrogens with one attached hydrogen (secondary N) is 1. The smallest absolute Gasteiger partial charge is 0.254 e. The molecule has 0 heterocycles. The van der Waals surface area contributed by atoms with Crippen molar-refractivity contribution in [1.29, 1.82) is 0 Å². The van der Waals surface area contributed by atoms with E-state index in [-0.39, 0.29) is 11.0 Å². The predicted octanol–water partition coefficient (Wildman–Crippen LogP) is 3.10. The van der Waals surface area contributed by atoms with Gasteiger partial charge in [0.25, 0.3) is 5.91 Å². The lowest BCUT2D eigenvalue weighted by atomic mass is 10.0. The highest BCUT2D eigenvalue weighted by atomic mass is 35.5. The highest BCUT2D eigenvalue weighted by molar-refractivity contribution is 6.17. The van der Waals surface area contributed by atoms with Crippen LogP contribution in [0.4, 0.5) is 8.78 Å². The molecule has 1 aliphatic carbocycles. The molecule has 2 rings (SSSR count). The molecule has 5 heteroatoms. The van der Waals surface area contributed by atoms with E-state index in [2.05, 4.69) is 5.32 Å². The van der Waals surface area contributed by atoms with E-state index in [0.29, 0.717) is 12.4 Å². The fourth-order valence-electron chi connectivity index (χ4n) is 1.93. The Labute approximate surface area is 109 Å². The second kappa shape index (κ2) is 5.22. The van der Waals surface area contributed by atoms with Crippen molar-refractivity contribution >= 4 is 17.5 Å². The van der Waals surface area contributed by atoms with Crippen LogP contribution in [0.1, 0.15) is 29.6 Å². The average Bonchev–Trinajstić information content (AvgIpc) is 3.10. The quantitative estimate of drug-likeness (QED) is 0.821. The first kappa shape index (κ1) is 13.3. The molecule has 0 unspecified atom stereocenters. The van der Waals surface area contributed by atoms with Gasteiger partial charge in [0.15, 0.2) is 0 Å². The summed E-state index contributed by atoms with van der Waals surface area (Å²) < 4.78 is 26.3. The second-order valence-corrected chi connectivity index (χ2v) is 5.12. The fourth-order valence-corrected chi connectivity index (χ4v) is 2.33. The van der Waals surface area contributed by atoms with Gasteiger partial charge >= 0.3 is 0 Å². The minimum atomic E-state index is -0.712. The Morgan fingerprint density at radius 3 is 2.72 bits per heavy atom. The maximum Gasteiger partial charge on any atom is 0.254 e. The number of hydrogen-bond donors (Lipinski definition) is 1. The monoisotopic (exact) mass is 273 g/mol. The van der Waals surface area contributed by atoms with Crippen molar-refractivity contribution in [3.8, 4) is 0 Å². The molecule has 1 aromatic rings. The summed E-state index contributed by atoms with van der Waals surface area (Å²) >= 11 is 5.68. The van der Waals surface area contributed by atoms with Crippen LogP contribution in [-0.2, 0) is 0 Å². The summed E-state index contributed by atoms with van der Waals surface area (Å²) in [5.41, 5.74) is -0.182. The van der Waals surface area contributed by atoms with Gasteiger partial charge in [0, 0.05) is 12.4 Å². The molecule has 1 N–H and O–H groups in total. The lowest BCUT2D eigenvalue weighted by molar-refractivity contribution is 0.0940. The van der Waals surface area contributed by atoms with Crippen molar-refractivity contribution in [3.63, 3.8) is 0 Å². The third kappa shape index (κ3) is 2.99. The summed E-state index contributed by atoms with van der Waals surface area (Å²) in [4.78, 5) is 11.7. The van der Waals surface area contributed by atoms with Gasteiger partial charge in [0.1, 0.15) is 11.6 Å². The first-order valence-corrected chi connectivity index (χ1v) is 6.39. The maximum absolute atomic E-state index is 13.4. The number of alkyl halides is 1. The molecule has 0 bridgehead atoms. The van der Waals surface area contributed by atoms with Gasteiger partial charge in [-0.25, -0.2) is 8.78 Å². The van der Waals surface area contributed by atoms with Crippen molar-refractivity contribution in [2.45, 2.75) is 19.3 Å². The zero-order valence-electron chi connectivity index (χ0n) is 9.81. The molecule has 2 nitrogen and oxygen atoms in total. The molecule has 98 valence electrons. The van der Waals surface area contributed by atoms with E-state index in [1.807, 2.05) is 0 Å². The summed E-state index contributed by atoms with van der Waals surface area (Å²) in [5, 5.41) is 2.65. The van der Waals surface area contributed by atoms with Gasteiger partial charge in [-0.1, -0.05) is 0 Å². The summed E-state index contributed by atoms with van der Waals surface area (Å²) in [5.74, 6) is -1.36. The average molecular weight is 274 g/mol. The van der Waals surface area contributed by atoms with E-state index >= 15 is 0 Å². The minimum absolute atomic E-state index is 0.0706. The summed E-state index contributed by atoms with van der Waals surface area (Å²) in [6.07, 6.45) is 2.87. The highest BCUT2D eigenvalue weighted by Gasteiger charge is 2.41. The zero-order valence-corrected chi connectivity index (χ0v) is 10.6. The first-order chi connectivity index (χ1) is 8.56. The van der Waals surface area contributed by atoms with Crippen molar-refractivity contribution < 1.29 is 13.6 Å². The fraction of sp³-hybridized carbons (Fsp3) is 0.462. The molecule has 0 radical (unpaired) electrons. The molecule has 0 spiro atoms. The summed E-state index contributed by atoms with van der Waals surface area (Å²) in [6.45, 7) is 0.467. The summed E-state index contributed by atoms with van der Waals surface area (Å²) in [7, 11) is 0. The van der Waals surface area contributed by atoms with Crippen LogP contribution in [0.25, 0.3) is 0 Å². The van der Waals surface area contributed by atoms with Crippen LogP contribution < -0.4 is 5.32 Å². The molecule has 1 fully saturated rings. The van der Waals surface area contributed by atoms with Gasteiger partial charge in [-0.2, -0.15) is 0 Å². The van der Waals surface area contributed by atoms with Gasteiger partial charge in [-0.3, -0.25) is 4.79 Å². The third-order valence-electron chi connectivity index (χ3n) is 3.38. The van der Waals surface area contributed by atoms with Crippen LogP contribution in [0.15, 0.2) is 18.2 Å². The number of benzene rings is 1. The molecule has 0 aromatic heterocycles. The summed E-state index contributed by atoms with van der Waals surface area (Å²) in [6, 6.07) is 2.85. The Kier molecular flexibility index (Phi) is 3.85. The van der Waals surface area contributed by atoms with Gasteiger partial charge in [0.2, 0.25) is 0 Å². The van der Waals surface area contributed by atoms with E-state index in [9.17, 15) is 13.6 Å². The molecule has 1 amide bonds. The van der Waals surface area contributed by atoms with Crippen LogP contribution in [-0.4, -0.2) is 18.3 Å². The van der Waals surface area contributed by atoms with Crippen LogP contribution in [0.2, 0.25) is 0 Å². The zero-order chi connectivity index (χ0) is 13.2. The number of carbonyl (C=O) groups excluding carboxylic acids is 1. The van der Waals surface area contributed by atoms with Gasteiger partial charge in [-0.15, -0.1) is 11.6 Å². The molecule has 18 heavy (non-hydrogen) atoms. The molecular formula is C13H14ClF2NO. The highest BCUT2D eigenvalue weighted by Crippen LogP contribution is 2.48. The number of halogens is 3. The van der Waals surface area contributed by atoms with Crippen LogP contribution in [0.3, 0.4) is 0 Å². The van der Waals surface area contributed by atoms with Crippen molar-refractivity contribution in [1.82, 2.24) is 5.32 Å². The van der Waals surface area contributed by atoms with Crippen LogP contribution >= 0.6 is 11.6 Å². The Bertz CT molecular complexity index is 460. The van der Waals surface area contributed by atoms with Crippen molar-refractivity contribution in [3.05, 3.63) is 35.4 Å². The Morgan fingerprint density at radius 2 is 2.11 bits per heavy atom. The Morgan fingerprint density at radius 1 is 1.39 bits per heavy atom. The van der Waals surface area contributed by atoms with Crippen molar-refractivity contribution in [2.24, 2.45) is 5.41 Å². The minimum Gasteiger partial charge on any atom is -0.351 e. The molecule has 0 saturated heterocycles. The molecule has 1 aromatic carbocycles. The molecule has 1 saturated carbocycles. The van der Waals surface area contributed by atoms with Gasteiger partial charge < -0.3 is 5.32 Å². The maximum atomic E-state index is 13.4. The molecular weight excluding hydrogens is 260 g/mol. The second-order valence-electron chi connectivity index (χ2n) is 4.75. The van der Waals surface area contributed by atoms with Crippen LogP contribution in [0.5, 0.6) is 0 Å². The van der Waals surface area contributed by atoms with Gasteiger partial charge in [0.05, 0.1) is 5.56 Å². The topological polar surface area (TPSA) is 29.1 Å². The number of rotatable bonds is 5. The molecule has 0 atom stereocenters. The Balaban J connectivity index is 1.98. The standard InChI is InChI=1S/C13H14ClF2NO/c14-6-5-13(3-4-13)8-17-12(18)10-7-9(15)1-2-11(10)16/h1-2,7H,3-6,8H2,(H,17,18). The lowest BCUT2D eigenvalue weighted by Gasteiger charge is -2.14. The van der Waals surface area contributed by atoms with Crippen LogP contribution in [0, 0.1) is 17.0 Å². The van der Waals surface area contributed by atoms with Crippen molar-refractivity contribution in [2.75, 3.05) is 12.4 Å². The lowest BCUT2D eigenvalue weighted by Crippen LogP contribution is -2.31. The van der Waals surface area contributed by atoms with Gasteiger partial charge in [-0.05, 0) is 42.9 Å². The van der Waals surface area contributed by atoms with E-state index in [1.54, 1.807) is 0 Å². The van der Waals surface area contributed by atoms with E-state index in [4.69, 9.17) is 11.6 Å². The van der Waals surface area contributed by atoms with E-state index in [1.165, 1.54) is 0 Å². The largest absolute Gasteiger partial charge is 0.351 e. The third-order valence-corrected chi connectivity index (χ3v) is 3.57. The SMILES string of the molecule is O=C(NCC1(CCCl)CC1)c1cc(F)ccc1F. The number of hydrogen-bond acceptors (Lipinski definition) is 1. The normalized spacial score (nSPS) is 16.4. The number of carbonyl (C=O) groups is 1. The van der Waals surface area contributed by atoms with E-state index < -0.39 is 17.5 Å². The number of amides is 1. The predicted molar refractivity (Wildman–Crippen MR) is 65.7 cm³/mol. The van der Waals surface area contributed by atoms with E-state index in [0.717, 1.165) is 37.5 Å². The Hall–Kier alpha value is -1.16. The molecule has 0 aliphatic heterocycles. The molecule has 1 aliphatic rings. The first-order valence-electron chi connectivity index (χ1n) is 5.86.